The minimum absolute atomic E-state index is 0.227. The van der Waals surface area contributed by atoms with Crippen molar-refractivity contribution in [2.75, 3.05) is 6.61 Å². The Morgan fingerprint density at radius 1 is 1.25 bits per heavy atom. The predicted octanol–water partition coefficient (Wildman–Crippen LogP) is 2.50. The fourth-order valence-electron chi connectivity index (χ4n) is 2.89. The molecular weight excluding hydrogens is 198 g/mol. The van der Waals surface area contributed by atoms with Crippen LogP contribution in [0.25, 0.3) is 10.9 Å². The van der Waals surface area contributed by atoms with Gasteiger partial charge in [-0.1, -0.05) is 0 Å². The van der Waals surface area contributed by atoms with Crippen LogP contribution in [0.3, 0.4) is 0 Å². The zero-order chi connectivity index (χ0) is 11.1. The summed E-state index contributed by atoms with van der Waals surface area (Å²) < 4.78 is 0. The molecule has 2 nitrogen and oxygen atoms in total. The highest BCUT2D eigenvalue weighted by Gasteiger charge is 2.15. The molecule has 1 heterocycles. The molecule has 0 amide bonds. The second-order valence-corrected chi connectivity index (χ2v) is 4.72. The summed E-state index contributed by atoms with van der Waals surface area (Å²) in [6.07, 6.45) is 4.48. The van der Waals surface area contributed by atoms with Gasteiger partial charge in [0.15, 0.2) is 0 Å². The lowest BCUT2D eigenvalue weighted by Crippen LogP contribution is -1.92. The second kappa shape index (κ2) is 3.63. The van der Waals surface area contributed by atoms with Crippen LogP contribution < -0.4 is 0 Å². The van der Waals surface area contributed by atoms with Crippen molar-refractivity contribution in [1.82, 2.24) is 4.98 Å². The average molecular weight is 215 g/mol. The molecule has 1 aromatic heterocycles. The molecule has 2 N–H and O–H groups in total. The molecule has 1 aliphatic carbocycles. The van der Waals surface area contributed by atoms with Crippen molar-refractivity contribution in [2.24, 2.45) is 0 Å². The number of aliphatic hydroxyl groups is 1. The van der Waals surface area contributed by atoms with E-state index in [0.717, 1.165) is 6.42 Å². The summed E-state index contributed by atoms with van der Waals surface area (Å²) in [6.45, 7) is 2.32. The molecule has 0 aliphatic heterocycles. The zero-order valence-electron chi connectivity index (χ0n) is 9.64. The van der Waals surface area contributed by atoms with Crippen molar-refractivity contribution in [3.63, 3.8) is 0 Å². The smallest absolute Gasteiger partial charge is 0.0472 e. The van der Waals surface area contributed by atoms with Gasteiger partial charge in [0.2, 0.25) is 0 Å². The van der Waals surface area contributed by atoms with Crippen molar-refractivity contribution in [3.8, 4) is 0 Å². The molecule has 2 heteroatoms. The fourth-order valence-corrected chi connectivity index (χ4v) is 2.89. The Hall–Kier alpha value is -1.28. The third kappa shape index (κ3) is 1.37. The van der Waals surface area contributed by atoms with Crippen LogP contribution in [0.4, 0.5) is 0 Å². The van der Waals surface area contributed by atoms with Crippen LogP contribution in [0.5, 0.6) is 0 Å². The highest BCUT2D eigenvalue weighted by molar-refractivity contribution is 5.86. The van der Waals surface area contributed by atoms with E-state index >= 15 is 0 Å². The van der Waals surface area contributed by atoms with Crippen molar-refractivity contribution in [3.05, 3.63) is 34.5 Å². The van der Waals surface area contributed by atoms with Crippen LogP contribution in [-0.4, -0.2) is 16.7 Å². The minimum atomic E-state index is 0.227. The number of fused-ring (bicyclic) bond motifs is 2. The standard InChI is InChI=1S/C14H17NO/c1-9-12(5-6-16)13-7-10-3-2-4-11(10)8-14(13)15-9/h7-8,15-16H,2-6H2,1H3. The van der Waals surface area contributed by atoms with E-state index in [0.29, 0.717) is 0 Å². The Labute approximate surface area is 95.3 Å². The molecule has 84 valence electrons. The van der Waals surface area contributed by atoms with Crippen LogP contribution in [0.1, 0.15) is 28.8 Å². The maximum absolute atomic E-state index is 9.10. The third-order valence-electron chi connectivity index (χ3n) is 3.69. The number of benzene rings is 1. The van der Waals surface area contributed by atoms with E-state index in [1.165, 1.54) is 52.5 Å². The Balaban J connectivity index is 2.23. The molecule has 0 spiro atoms. The lowest BCUT2D eigenvalue weighted by Gasteiger charge is -2.01. The minimum Gasteiger partial charge on any atom is -0.396 e. The molecule has 0 saturated carbocycles. The molecule has 2 aromatic rings. The first kappa shape index (κ1) is 9.91. The average Bonchev–Trinajstić information content (AvgIpc) is 2.81. The summed E-state index contributed by atoms with van der Waals surface area (Å²) in [6, 6.07) is 4.62. The maximum atomic E-state index is 9.10. The number of aromatic amines is 1. The molecule has 3 rings (SSSR count). The molecule has 0 bridgehead atoms. The molecule has 0 atom stereocenters. The number of aromatic nitrogens is 1. The number of nitrogens with one attached hydrogen (secondary N) is 1. The summed E-state index contributed by atoms with van der Waals surface area (Å²) in [7, 11) is 0. The van der Waals surface area contributed by atoms with Crippen LogP contribution >= 0.6 is 0 Å². The number of aliphatic hydroxyl groups excluding tert-OH is 1. The van der Waals surface area contributed by atoms with Gasteiger partial charge < -0.3 is 10.1 Å². The van der Waals surface area contributed by atoms with Gasteiger partial charge in [0.05, 0.1) is 0 Å². The topological polar surface area (TPSA) is 36.0 Å². The molecule has 0 fully saturated rings. The highest BCUT2D eigenvalue weighted by Crippen LogP contribution is 2.30. The Kier molecular flexibility index (Phi) is 2.25. The van der Waals surface area contributed by atoms with Crippen molar-refractivity contribution in [1.29, 1.82) is 0 Å². The summed E-state index contributed by atoms with van der Waals surface area (Å²) >= 11 is 0. The lowest BCUT2D eigenvalue weighted by molar-refractivity contribution is 0.300. The van der Waals surface area contributed by atoms with Crippen LogP contribution in [0, 0.1) is 6.92 Å². The number of hydrogen-bond acceptors (Lipinski definition) is 1. The maximum Gasteiger partial charge on any atom is 0.0472 e. The van der Waals surface area contributed by atoms with E-state index < -0.39 is 0 Å². The first-order valence-corrected chi connectivity index (χ1v) is 6.03. The zero-order valence-corrected chi connectivity index (χ0v) is 9.64. The van der Waals surface area contributed by atoms with Crippen LogP contribution in [0.2, 0.25) is 0 Å². The van der Waals surface area contributed by atoms with E-state index in [2.05, 4.69) is 24.0 Å². The number of aryl methyl sites for hydroxylation is 3. The van der Waals surface area contributed by atoms with Crippen molar-refractivity contribution < 1.29 is 5.11 Å². The summed E-state index contributed by atoms with van der Waals surface area (Å²) in [4.78, 5) is 3.43. The molecule has 0 radical (unpaired) electrons. The van der Waals surface area contributed by atoms with E-state index in [1.807, 2.05) is 0 Å². The monoisotopic (exact) mass is 215 g/mol. The molecule has 0 unspecified atom stereocenters. The Bertz CT molecular complexity index is 539. The number of H-pyrrole nitrogens is 1. The van der Waals surface area contributed by atoms with Gasteiger partial charge in [-0.15, -0.1) is 0 Å². The van der Waals surface area contributed by atoms with Crippen molar-refractivity contribution >= 4 is 10.9 Å². The van der Waals surface area contributed by atoms with Crippen molar-refractivity contribution in [2.45, 2.75) is 32.6 Å². The second-order valence-electron chi connectivity index (χ2n) is 4.72. The van der Waals surface area contributed by atoms with E-state index in [1.54, 1.807) is 0 Å². The van der Waals surface area contributed by atoms with Crippen LogP contribution in [-0.2, 0) is 19.3 Å². The molecule has 1 aliphatic rings. The first-order chi connectivity index (χ1) is 7.79. The molecular formula is C14H17NO. The van der Waals surface area contributed by atoms with Gasteiger partial charge in [0.1, 0.15) is 0 Å². The Morgan fingerprint density at radius 2 is 2.00 bits per heavy atom. The van der Waals surface area contributed by atoms with Gasteiger partial charge >= 0.3 is 0 Å². The SMILES string of the molecule is Cc1[nH]c2cc3c(cc2c1CCO)CCC3. The molecule has 0 saturated heterocycles. The number of rotatable bonds is 2. The van der Waals surface area contributed by atoms with Gasteiger partial charge in [0.25, 0.3) is 0 Å². The normalized spacial score (nSPS) is 14.6. The van der Waals surface area contributed by atoms with Gasteiger partial charge in [-0.3, -0.25) is 0 Å². The van der Waals surface area contributed by atoms with Gasteiger partial charge in [-0.2, -0.15) is 0 Å². The van der Waals surface area contributed by atoms with Crippen LogP contribution in [0.15, 0.2) is 12.1 Å². The third-order valence-corrected chi connectivity index (χ3v) is 3.69. The summed E-state index contributed by atoms with van der Waals surface area (Å²) in [5.74, 6) is 0. The quantitative estimate of drug-likeness (QED) is 0.793. The number of hydrogen-bond donors (Lipinski definition) is 2. The van der Waals surface area contributed by atoms with Gasteiger partial charge in [-0.05, 0) is 61.4 Å². The summed E-state index contributed by atoms with van der Waals surface area (Å²) in [5.41, 5.74) is 6.73. The first-order valence-electron chi connectivity index (χ1n) is 6.03. The van der Waals surface area contributed by atoms with E-state index in [9.17, 15) is 0 Å². The molecule has 16 heavy (non-hydrogen) atoms. The predicted molar refractivity (Wildman–Crippen MR) is 65.9 cm³/mol. The largest absolute Gasteiger partial charge is 0.396 e. The van der Waals surface area contributed by atoms with E-state index in [4.69, 9.17) is 5.11 Å². The summed E-state index contributed by atoms with van der Waals surface area (Å²) in [5, 5.41) is 10.4. The van der Waals surface area contributed by atoms with Gasteiger partial charge in [0, 0.05) is 23.2 Å². The molecule has 1 aromatic carbocycles. The fraction of sp³-hybridized carbons (Fsp3) is 0.429. The lowest BCUT2D eigenvalue weighted by atomic mass is 10.0. The Morgan fingerprint density at radius 3 is 2.75 bits per heavy atom. The van der Waals surface area contributed by atoms with Gasteiger partial charge in [-0.25, -0.2) is 0 Å². The highest BCUT2D eigenvalue weighted by atomic mass is 16.2. The van der Waals surface area contributed by atoms with E-state index in [-0.39, 0.29) is 6.61 Å².